The summed E-state index contributed by atoms with van der Waals surface area (Å²) < 4.78 is 24.4. The lowest BCUT2D eigenvalue weighted by atomic mass is 10.2. The Bertz CT molecular complexity index is 678. The molecule has 24 heavy (non-hydrogen) atoms. The van der Waals surface area contributed by atoms with E-state index >= 15 is 0 Å². The van der Waals surface area contributed by atoms with Gasteiger partial charge in [-0.15, -0.1) is 0 Å². The van der Waals surface area contributed by atoms with Crippen LogP contribution >= 0.6 is 19.2 Å². The van der Waals surface area contributed by atoms with Crippen LogP contribution in [-0.4, -0.2) is 13.2 Å². The van der Waals surface area contributed by atoms with Gasteiger partial charge in [0, 0.05) is 10.7 Å². The lowest BCUT2D eigenvalue weighted by molar-refractivity contribution is 0.214. The molecule has 6 heteroatoms. The number of hydrogen-bond acceptors (Lipinski definition) is 4. The molecule has 0 heterocycles. The van der Waals surface area contributed by atoms with Crippen LogP contribution in [0.4, 0.5) is 5.69 Å². The van der Waals surface area contributed by atoms with Crippen molar-refractivity contribution in [1.82, 2.24) is 0 Å². The maximum absolute atomic E-state index is 13.3. The molecule has 0 amide bonds. The van der Waals surface area contributed by atoms with Gasteiger partial charge in [0.25, 0.3) is 0 Å². The largest absolute Gasteiger partial charge is 0.368 e. The zero-order valence-electron chi connectivity index (χ0n) is 14.2. The van der Waals surface area contributed by atoms with E-state index in [9.17, 15) is 4.57 Å². The standard InChI is InChI=1S/C18H23ClNO3P/c1-4-22-24(21,23-5-2)18(15-8-10-16(19)11-9-15)20-17-12-6-14(3)7-13-17/h6-13,18,20H,4-5H2,1-3H3. The van der Waals surface area contributed by atoms with Crippen molar-refractivity contribution in [2.45, 2.75) is 26.6 Å². The Balaban J connectivity index is 2.41. The van der Waals surface area contributed by atoms with Gasteiger partial charge >= 0.3 is 7.60 Å². The first-order chi connectivity index (χ1) is 11.5. The van der Waals surface area contributed by atoms with E-state index in [0.29, 0.717) is 18.2 Å². The minimum Gasteiger partial charge on any atom is -0.368 e. The van der Waals surface area contributed by atoms with Gasteiger partial charge in [-0.2, -0.15) is 0 Å². The maximum atomic E-state index is 13.3. The predicted octanol–water partition coefficient (Wildman–Crippen LogP) is 6.03. The topological polar surface area (TPSA) is 47.6 Å². The number of halogens is 1. The summed E-state index contributed by atoms with van der Waals surface area (Å²) in [4.78, 5) is 0. The summed E-state index contributed by atoms with van der Waals surface area (Å²) >= 11 is 5.98. The van der Waals surface area contributed by atoms with Crippen LogP contribution in [0.2, 0.25) is 5.02 Å². The van der Waals surface area contributed by atoms with Crippen molar-refractivity contribution < 1.29 is 13.6 Å². The number of rotatable bonds is 8. The lowest BCUT2D eigenvalue weighted by Gasteiger charge is -2.28. The highest BCUT2D eigenvalue weighted by atomic mass is 35.5. The van der Waals surface area contributed by atoms with Gasteiger partial charge in [-0.05, 0) is 50.6 Å². The summed E-state index contributed by atoms with van der Waals surface area (Å²) in [5, 5.41) is 3.92. The smallest absolute Gasteiger partial charge is 0.357 e. The van der Waals surface area contributed by atoms with E-state index in [0.717, 1.165) is 16.8 Å². The molecule has 0 aromatic heterocycles. The molecule has 0 radical (unpaired) electrons. The van der Waals surface area contributed by atoms with Gasteiger partial charge < -0.3 is 14.4 Å². The highest BCUT2D eigenvalue weighted by molar-refractivity contribution is 7.54. The monoisotopic (exact) mass is 367 g/mol. The molecule has 0 aliphatic rings. The Morgan fingerprint density at radius 1 is 1.00 bits per heavy atom. The minimum atomic E-state index is -3.40. The van der Waals surface area contributed by atoms with Gasteiger partial charge in [-0.25, -0.2) is 0 Å². The number of aryl methyl sites for hydroxylation is 1. The van der Waals surface area contributed by atoms with E-state index in [-0.39, 0.29) is 0 Å². The fraction of sp³-hybridized carbons (Fsp3) is 0.333. The summed E-state index contributed by atoms with van der Waals surface area (Å²) in [6, 6.07) is 15.1. The van der Waals surface area contributed by atoms with Crippen molar-refractivity contribution in [3.05, 3.63) is 64.7 Å². The average molecular weight is 368 g/mol. The van der Waals surface area contributed by atoms with Crippen molar-refractivity contribution in [2.24, 2.45) is 0 Å². The van der Waals surface area contributed by atoms with E-state index in [4.69, 9.17) is 20.6 Å². The summed E-state index contributed by atoms with van der Waals surface area (Å²) in [5.41, 5.74) is 2.80. The van der Waals surface area contributed by atoms with Crippen LogP contribution < -0.4 is 5.32 Å². The third-order valence-corrected chi connectivity index (χ3v) is 6.02. The molecule has 1 unspecified atom stereocenters. The van der Waals surface area contributed by atoms with Crippen molar-refractivity contribution >= 4 is 24.9 Å². The molecule has 2 aromatic rings. The Hall–Kier alpha value is -1.32. The molecule has 0 aliphatic carbocycles. The molecule has 4 nitrogen and oxygen atoms in total. The quantitative estimate of drug-likeness (QED) is 0.579. The fourth-order valence-corrected chi connectivity index (χ4v) is 4.41. The Labute approximate surface area is 148 Å². The minimum absolute atomic E-state index is 0.303. The fourth-order valence-electron chi connectivity index (χ4n) is 2.34. The van der Waals surface area contributed by atoms with Gasteiger partial charge in [0.15, 0.2) is 5.78 Å². The normalized spacial score (nSPS) is 12.8. The SMILES string of the molecule is CCOP(=O)(OCC)C(Nc1ccc(C)cc1)c1ccc(Cl)cc1. The first-order valence-electron chi connectivity index (χ1n) is 7.96. The van der Waals surface area contributed by atoms with E-state index in [1.54, 1.807) is 26.0 Å². The van der Waals surface area contributed by atoms with Crippen LogP contribution in [0.15, 0.2) is 48.5 Å². The third-order valence-electron chi connectivity index (χ3n) is 3.48. The van der Waals surface area contributed by atoms with Crippen LogP contribution in [0.25, 0.3) is 0 Å². The van der Waals surface area contributed by atoms with Gasteiger partial charge in [-0.3, -0.25) is 4.57 Å². The van der Waals surface area contributed by atoms with Crippen LogP contribution in [-0.2, 0) is 13.6 Å². The van der Waals surface area contributed by atoms with Crippen LogP contribution in [0, 0.1) is 6.92 Å². The van der Waals surface area contributed by atoms with Gasteiger partial charge in [-0.1, -0.05) is 41.4 Å². The van der Waals surface area contributed by atoms with Crippen molar-refractivity contribution in [1.29, 1.82) is 0 Å². The highest BCUT2D eigenvalue weighted by Crippen LogP contribution is 2.60. The molecule has 2 aromatic carbocycles. The van der Waals surface area contributed by atoms with Crippen LogP contribution in [0.5, 0.6) is 0 Å². The average Bonchev–Trinajstić information content (AvgIpc) is 2.56. The lowest BCUT2D eigenvalue weighted by Crippen LogP contribution is -2.15. The second-order valence-electron chi connectivity index (χ2n) is 5.34. The molecule has 0 saturated carbocycles. The Morgan fingerprint density at radius 2 is 1.54 bits per heavy atom. The maximum Gasteiger partial charge on any atom is 0.357 e. The number of anilines is 1. The van der Waals surface area contributed by atoms with Gasteiger partial charge in [0.2, 0.25) is 0 Å². The molecule has 1 atom stereocenters. The van der Waals surface area contributed by atoms with E-state index in [1.807, 2.05) is 43.3 Å². The molecule has 0 spiro atoms. The van der Waals surface area contributed by atoms with Gasteiger partial charge in [0.1, 0.15) is 0 Å². The van der Waals surface area contributed by atoms with E-state index in [2.05, 4.69) is 5.32 Å². The first-order valence-corrected chi connectivity index (χ1v) is 9.95. The van der Waals surface area contributed by atoms with Crippen molar-refractivity contribution in [3.63, 3.8) is 0 Å². The number of nitrogens with one attached hydrogen (secondary N) is 1. The Kier molecular flexibility index (Phi) is 6.88. The Morgan fingerprint density at radius 3 is 2.04 bits per heavy atom. The summed E-state index contributed by atoms with van der Waals surface area (Å²) in [6.45, 7) is 6.23. The van der Waals surface area contributed by atoms with Gasteiger partial charge in [0.05, 0.1) is 13.2 Å². The second kappa shape index (κ2) is 8.68. The molecule has 0 fully saturated rings. The first kappa shape index (κ1) is 19.0. The summed E-state index contributed by atoms with van der Waals surface area (Å²) in [6.07, 6.45) is 0. The van der Waals surface area contributed by atoms with E-state index < -0.39 is 13.4 Å². The molecular weight excluding hydrogens is 345 g/mol. The molecular formula is C18H23ClNO3P. The van der Waals surface area contributed by atoms with Crippen LogP contribution in [0.1, 0.15) is 30.8 Å². The molecule has 130 valence electrons. The number of hydrogen-bond donors (Lipinski definition) is 1. The zero-order valence-corrected chi connectivity index (χ0v) is 15.8. The molecule has 1 N–H and O–H groups in total. The highest BCUT2D eigenvalue weighted by Gasteiger charge is 2.37. The summed E-state index contributed by atoms with van der Waals surface area (Å²) in [5.74, 6) is -0.614. The molecule has 0 aliphatic heterocycles. The third kappa shape index (κ3) is 4.84. The van der Waals surface area contributed by atoms with E-state index in [1.165, 1.54) is 0 Å². The number of benzene rings is 2. The molecule has 0 bridgehead atoms. The van der Waals surface area contributed by atoms with Crippen molar-refractivity contribution in [3.8, 4) is 0 Å². The van der Waals surface area contributed by atoms with Crippen molar-refractivity contribution in [2.75, 3.05) is 18.5 Å². The molecule has 2 rings (SSSR count). The van der Waals surface area contributed by atoms with Crippen LogP contribution in [0.3, 0.4) is 0 Å². The zero-order chi connectivity index (χ0) is 17.6. The predicted molar refractivity (Wildman–Crippen MR) is 99.9 cm³/mol. The second-order valence-corrected chi connectivity index (χ2v) is 7.89. The summed E-state index contributed by atoms with van der Waals surface area (Å²) in [7, 11) is -3.40. The molecule has 0 saturated heterocycles.